The maximum absolute atomic E-state index is 1.69. The summed E-state index contributed by atoms with van der Waals surface area (Å²) in [4.78, 5) is 0. The Balaban J connectivity index is 2.08. The Morgan fingerprint density at radius 3 is 1.80 bits per heavy atom. The SMILES string of the molecule is C1C[CH2][GeH2][CH2]1. The molecule has 1 aliphatic rings. The van der Waals surface area contributed by atoms with E-state index in [2.05, 4.69) is 0 Å². The van der Waals surface area contributed by atoms with Crippen molar-refractivity contribution in [3.63, 3.8) is 0 Å². The van der Waals surface area contributed by atoms with E-state index in [0.29, 0.717) is 0 Å². The van der Waals surface area contributed by atoms with E-state index in [1.807, 2.05) is 0 Å². The van der Waals surface area contributed by atoms with Crippen molar-refractivity contribution < 1.29 is 0 Å². The van der Waals surface area contributed by atoms with Gasteiger partial charge in [0.2, 0.25) is 0 Å². The molecule has 1 heterocycles. The first-order valence-electron chi connectivity index (χ1n) is 2.50. The number of rotatable bonds is 0. The Hall–Kier alpha value is 0.543. The zero-order valence-electron chi connectivity index (χ0n) is 3.54. The van der Waals surface area contributed by atoms with Crippen LogP contribution in [0.15, 0.2) is 0 Å². The van der Waals surface area contributed by atoms with E-state index in [1.165, 1.54) is 0 Å². The van der Waals surface area contributed by atoms with Crippen LogP contribution in [0.2, 0.25) is 10.5 Å². The van der Waals surface area contributed by atoms with E-state index >= 15 is 0 Å². The van der Waals surface area contributed by atoms with Gasteiger partial charge in [-0.25, -0.2) is 0 Å². The van der Waals surface area contributed by atoms with Gasteiger partial charge in [0.25, 0.3) is 0 Å². The number of hydrogen-bond donors (Lipinski definition) is 0. The minimum absolute atomic E-state index is 0.208. The van der Waals surface area contributed by atoms with Crippen molar-refractivity contribution in [2.45, 2.75) is 23.3 Å². The average molecular weight is 131 g/mol. The molecule has 0 amide bonds. The van der Waals surface area contributed by atoms with Crippen molar-refractivity contribution in [3.05, 3.63) is 0 Å². The molecule has 1 heteroatoms. The Morgan fingerprint density at radius 2 is 1.60 bits per heavy atom. The Morgan fingerprint density at radius 1 is 1.00 bits per heavy atom. The van der Waals surface area contributed by atoms with Gasteiger partial charge in [-0.2, -0.15) is 0 Å². The van der Waals surface area contributed by atoms with Crippen LogP contribution in [0.1, 0.15) is 12.8 Å². The summed E-state index contributed by atoms with van der Waals surface area (Å²) in [6.07, 6.45) is 3.17. The van der Waals surface area contributed by atoms with Crippen molar-refractivity contribution in [1.29, 1.82) is 0 Å². The monoisotopic (exact) mass is 132 g/mol. The molecule has 0 unspecified atom stereocenters. The van der Waals surface area contributed by atoms with Crippen LogP contribution < -0.4 is 0 Å². The molecule has 1 saturated heterocycles. The summed E-state index contributed by atoms with van der Waals surface area (Å²) < 4.78 is 0. The third kappa shape index (κ3) is 0.956. The van der Waals surface area contributed by atoms with E-state index in [-0.39, 0.29) is 15.4 Å². The summed E-state index contributed by atoms with van der Waals surface area (Å²) in [6, 6.07) is 0. The van der Waals surface area contributed by atoms with Gasteiger partial charge in [-0.05, 0) is 0 Å². The molecule has 0 aromatic heterocycles. The molecule has 0 atom stereocenters. The fraction of sp³-hybridized carbons (Fsp3) is 1.00. The standard InChI is InChI=1S/C4H10Ge/c1-2-4-5-3-1/h1-5H2. The topological polar surface area (TPSA) is 0 Å². The summed E-state index contributed by atoms with van der Waals surface area (Å²) in [5.41, 5.74) is 0. The summed E-state index contributed by atoms with van der Waals surface area (Å²) in [6.45, 7) is 0. The molecule has 0 saturated carbocycles. The molecule has 0 bridgehead atoms. The molecule has 0 spiro atoms. The van der Waals surface area contributed by atoms with Crippen LogP contribution in [0.5, 0.6) is 0 Å². The Labute approximate surface area is 39.4 Å². The molecule has 1 fully saturated rings. The molecule has 0 aromatic rings. The van der Waals surface area contributed by atoms with E-state index in [1.54, 1.807) is 23.3 Å². The average Bonchev–Trinajstić information content (AvgIpc) is 1.76. The van der Waals surface area contributed by atoms with Gasteiger partial charge in [0.05, 0.1) is 0 Å². The zero-order valence-corrected chi connectivity index (χ0v) is 6.50. The van der Waals surface area contributed by atoms with Crippen LogP contribution in [0.25, 0.3) is 0 Å². The summed E-state index contributed by atoms with van der Waals surface area (Å²) in [7, 11) is 0. The second-order valence-electron chi connectivity index (χ2n) is 1.77. The van der Waals surface area contributed by atoms with Crippen LogP contribution >= 0.6 is 0 Å². The molecular formula is C4H10Ge. The maximum atomic E-state index is 1.69. The fourth-order valence-corrected chi connectivity index (χ4v) is 4.59. The molecule has 0 nitrogen and oxygen atoms in total. The van der Waals surface area contributed by atoms with Crippen LogP contribution in [-0.2, 0) is 0 Å². The van der Waals surface area contributed by atoms with Gasteiger partial charge < -0.3 is 0 Å². The van der Waals surface area contributed by atoms with E-state index in [4.69, 9.17) is 0 Å². The first-order valence-corrected chi connectivity index (χ1v) is 6.70. The molecule has 5 heavy (non-hydrogen) atoms. The molecule has 30 valence electrons. The van der Waals surface area contributed by atoms with Gasteiger partial charge in [-0.3, -0.25) is 0 Å². The predicted octanol–water partition coefficient (Wildman–Crippen LogP) is 0.786. The third-order valence-electron chi connectivity index (χ3n) is 1.25. The molecular weight excluding hydrogens is 121 g/mol. The van der Waals surface area contributed by atoms with Gasteiger partial charge in [-0.15, -0.1) is 0 Å². The van der Waals surface area contributed by atoms with Gasteiger partial charge in [0.15, 0.2) is 0 Å². The minimum atomic E-state index is 0.208. The van der Waals surface area contributed by atoms with Crippen molar-refractivity contribution in [1.82, 2.24) is 0 Å². The molecule has 1 aliphatic heterocycles. The molecule has 0 N–H and O–H groups in total. The molecule has 0 aliphatic carbocycles. The normalized spacial score (nSPS) is 24.0. The van der Waals surface area contributed by atoms with Crippen molar-refractivity contribution >= 4 is 15.4 Å². The Bertz CT molecular complexity index is 15.2. The molecule has 1 rings (SSSR count). The quantitative estimate of drug-likeness (QED) is 0.426. The first kappa shape index (κ1) is 3.72. The molecule has 0 aromatic carbocycles. The van der Waals surface area contributed by atoms with Crippen LogP contribution in [0, 0.1) is 0 Å². The first-order chi connectivity index (χ1) is 2.50. The van der Waals surface area contributed by atoms with Crippen LogP contribution in [-0.4, -0.2) is 15.4 Å². The van der Waals surface area contributed by atoms with Crippen molar-refractivity contribution in [3.8, 4) is 0 Å². The van der Waals surface area contributed by atoms with Gasteiger partial charge >= 0.3 is 38.8 Å². The van der Waals surface area contributed by atoms with Gasteiger partial charge in [0, 0.05) is 0 Å². The summed E-state index contributed by atoms with van der Waals surface area (Å²) >= 11 is 0.208. The van der Waals surface area contributed by atoms with Gasteiger partial charge in [-0.1, -0.05) is 0 Å². The fourth-order valence-electron chi connectivity index (χ4n) is 0.884. The van der Waals surface area contributed by atoms with Crippen molar-refractivity contribution in [2.75, 3.05) is 0 Å². The third-order valence-corrected chi connectivity index (χ3v) is 5.45. The van der Waals surface area contributed by atoms with E-state index in [9.17, 15) is 0 Å². The van der Waals surface area contributed by atoms with Gasteiger partial charge in [0.1, 0.15) is 0 Å². The zero-order chi connectivity index (χ0) is 3.54. The van der Waals surface area contributed by atoms with E-state index < -0.39 is 0 Å². The number of hydrogen-bond acceptors (Lipinski definition) is 0. The van der Waals surface area contributed by atoms with Crippen molar-refractivity contribution in [2.24, 2.45) is 0 Å². The predicted molar refractivity (Wildman–Crippen MR) is 27.4 cm³/mol. The molecule has 0 radical (unpaired) electrons. The van der Waals surface area contributed by atoms with E-state index in [0.717, 1.165) is 0 Å². The van der Waals surface area contributed by atoms with Crippen LogP contribution in [0.3, 0.4) is 0 Å². The second-order valence-corrected chi connectivity index (χ2v) is 6.22. The second kappa shape index (κ2) is 1.86. The summed E-state index contributed by atoms with van der Waals surface area (Å²) in [5, 5.41) is 3.38. The Kier molecular flexibility index (Phi) is 1.38. The summed E-state index contributed by atoms with van der Waals surface area (Å²) in [5.74, 6) is 0. The van der Waals surface area contributed by atoms with Crippen LogP contribution in [0.4, 0.5) is 0 Å².